The van der Waals surface area contributed by atoms with Crippen molar-refractivity contribution in [2.45, 2.75) is 58.2 Å². The highest BCUT2D eigenvalue weighted by Crippen LogP contribution is 2.16. The molecule has 2 amide bonds. The van der Waals surface area contributed by atoms with Gasteiger partial charge in [0.25, 0.3) is 0 Å². The second-order valence-electron chi connectivity index (χ2n) is 7.36. The molecule has 7 heteroatoms. The van der Waals surface area contributed by atoms with E-state index in [4.69, 9.17) is 9.15 Å². The van der Waals surface area contributed by atoms with Gasteiger partial charge in [0.15, 0.2) is 0 Å². The summed E-state index contributed by atoms with van der Waals surface area (Å²) in [7, 11) is 0. The average Bonchev–Trinajstić information content (AvgIpc) is 3.04. The van der Waals surface area contributed by atoms with Gasteiger partial charge in [-0.15, -0.1) is 0 Å². The molecule has 2 heterocycles. The van der Waals surface area contributed by atoms with Crippen LogP contribution in [0.25, 0.3) is 0 Å². The maximum absolute atomic E-state index is 12.2. The Morgan fingerprint density at radius 3 is 2.80 bits per heavy atom. The van der Waals surface area contributed by atoms with Crippen LogP contribution >= 0.6 is 0 Å². The van der Waals surface area contributed by atoms with Crippen LogP contribution in [0.1, 0.15) is 45.8 Å². The van der Waals surface area contributed by atoms with Crippen molar-refractivity contribution in [2.24, 2.45) is 0 Å². The third-order valence-electron chi connectivity index (χ3n) is 4.02. The molecule has 1 saturated heterocycles. The molecule has 0 bridgehead atoms. The predicted molar refractivity (Wildman–Crippen MR) is 94.0 cm³/mol. The number of carbonyl (C=O) groups excluding carboxylic acids is 2. The van der Waals surface area contributed by atoms with Gasteiger partial charge in [0.05, 0.1) is 19.4 Å². The van der Waals surface area contributed by atoms with Crippen molar-refractivity contribution in [1.82, 2.24) is 15.5 Å². The van der Waals surface area contributed by atoms with Crippen molar-refractivity contribution in [3.8, 4) is 0 Å². The minimum Gasteiger partial charge on any atom is -0.467 e. The van der Waals surface area contributed by atoms with Gasteiger partial charge in [-0.25, -0.2) is 4.79 Å². The van der Waals surface area contributed by atoms with E-state index in [9.17, 15) is 9.59 Å². The molecule has 1 aromatic rings. The van der Waals surface area contributed by atoms with E-state index in [1.54, 1.807) is 12.3 Å². The molecular weight excluding hydrogens is 322 g/mol. The molecule has 140 valence electrons. The lowest BCUT2D eigenvalue weighted by molar-refractivity contribution is -0.123. The number of rotatable bonds is 6. The first kappa shape index (κ1) is 19.3. The van der Waals surface area contributed by atoms with E-state index in [-0.39, 0.29) is 11.9 Å². The van der Waals surface area contributed by atoms with Gasteiger partial charge in [-0.05, 0) is 52.3 Å². The minimum absolute atomic E-state index is 0.0411. The molecule has 2 rings (SSSR count). The van der Waals surface area contributed by atoms with Crippen molar-refractivity contribution < 1.29 is 18.7 Å². The maximum atomic E-state index is 12.2. The average molecular weight is 351 g/mol. The topological polar surface area (TPSA) is 83.8 Å². The molecule has 2 N–H and O–H groups in total. The summed E-state index contributed by atoms with van der Waals surface area (Å²) in [5, 5.41) is 5.68. The number of amides is 2. The van der Waals surface area contributed by atoms with Crippen molar-refractivity contribution in [1.29, 1.82) is 0 Å². The zero-order valence-corrected chi connectivity index (χ0v) is 15.3. The number of hydrogen-bond donors (Lipinski definition) is 2. The van der Waals surface area contributed by atoms with Crippen LogP contribution in [-0.4, -0.2) is 48.2 Å². The Labute approximate surface area is 149 Å². The second kappa shape index (κ2) is 8.89. The number of likely N-dealkylation sites (tertiary alicyclic amines) is 1. The summed E-state index contributed by atoms with van der Waals surface area (Å²) >= 11 is 0. The maximum Gasteiger partial charge on any atom is 0.407 e. The first-order valence-electron chi connectivity index (χ1n) is 8.83. The van der Waals surface area contributed by atoms with E-state index < -0.39 is 11.7 Å². The molecule has 7 nitrogen and oxygen atoms in total. The van der Waals surface area contributed by atoms with E-state index in [1.165, 1.54) is 0 Å². The number of alkyl carbamates (subject to hydrolysis) is 1. The van der Waals surface area contributed by atoms with Crippen molar-refractivity contribution in [3.05, 3.63) is 24.2 Å². The molecule has 0 saturated carbocycles. The molecule has 0 spiro atoms. The first-order chi connectivity index (χ1) is 11.8. The van der Waals surface area contributed by atoms with Crippen LogP contribution in [0.2, 0.25) is 0 Å². The van der Waals surface area contributed by atoms with E-state index in [0.29, 0.717) is 19.6 Å². The van der Waals surface area contributed by atoms with Gasteiger partial charge in [0.1, 0.15) is 11.4 Å². The molecule has 1 fully saturated rings. The van der Waals surface area contributed by atoms with Gasteiger partial charge in [-0.3, -0.25) is 9.69 Å². The normalized spacial score (nSPS) is 18.6. The van der Waals surface area contributed by atoms with Crippen LogP contribution in [-0.2, 0) is 16.1 Å². The summed E-state index contributed by atoms with van der Waals surface area (Å²) in [5.41, 5.74) is -0.512. The van der Waals surface area contributed by atoms with Crippen LogP contribution in [0.15, 0.2) is 22.8 Å². The van der Waals surface area contributed by atoms with Gasteiger partial charge in [0, 0.05) is 12.6 Å². The number of nitrogens with zero attached hydrogens (tertiary/aromatic N) is 1. The molecule has 0 aliphatic carbocycles. The largest absolute Gasteiger partial charge is 0.467 e. The number of ether oxygens (including phenoxy) is 1. The fourth-order valence-electron chi connectivity index (χ4n) is 2.85. The summed E-state index contributed by atoms with van der Waals surface area (Å²) < 4.78 is 10.5. The molecule has 1 atom stereocenters. The molecule has 1 aliphatic heterocycles. The highest BCUT2D eigenvalue weighted by Gasteiger charge is 2.25. The lowest BCUT2D eigenvalue weighted by Gasteiger charge is -2.35. The Morgan fingerprint density at radius 1 is 1.32 bits per heavy atom. The van der Waals surface area contributed by atoms with Crippen LogP contribution in [0, 0.1) is 0 Å². The van der Waals surface area contributed by atoms with Gasteiger partial charge in [0.2, 0.25) is 5.91 Å². The predicted octanol–water partition coefficient (Wildman–Crippen LogP) is 2.28. The zero-order chi connectivity index (χ0) is 18.3. The summed E-state index contributed by atoms with van der Waals surface area (Å²) in [4.78, 5) is 26.1. The summed E-state index contributed by atoms with van der Waals surface area (Å²) in [5.74, 6) is 0.690. The van der Waals surface area contributed by atoms with Crippen molar-refractivity contribution in [3.63, 3.8) is 0 Å². The third kappa shape index (κ3) is 7.17. The van der Waals surface area contributed by atoms with Crippen molar-refractivity contribution >= 4 is 12.0 Å². The molecule has 0 radical (unpaired) electrons. The Balaban J connectivity index is 1.77. The third-order valence-corrected chi connectivity index (χ3v) is 4.02. The van der Waals surface area contributed by atoms with Crippen LogP contribution in [0.5, 0.6) is 0 Å². The SMILES string of the molecule is CC(C)(C)OC(=O)NC[C@H]1CCCCN1CC(=O)NCc1ccco1. The molecule has 25 heavy (non-hydrogen) atoms. The number of piperidine rings is 1. The minimum atomic E-state index is -0.512. The standard InChI is InChI=1S/C18H29N3O4/c1-18(2,3)25-17(23)20-11-14-7-4-5-9-21(14)13-16(22)19-12-15-8-6-10-24-15/h6,8,10,14H,4-5,7,9,11-13H2,1-3H3,(H,19,22)(H,20,23)/t14-/m1/s1. The second-order valence-corrected chi connectivity index (χ2v) is 7.36. The van der Waals surface area contributed by atoms with Crippen molar-refractivity contribution in [2.75, 3.05) is 19.6 Å². The monoisotopic (exact) mass is 351 g/mol. The van der Waals surface area contributed by atoms with Crippen LogP contribution < -0.4 is 10.6 Å². The Bertz CT molecular complexity index is 551. The quantitative estimate of drug-likeness (QED) is 0.821. The highest BCUT2D eigenvalue weighted by atomic mass is 16.6. The lowest BCUT2D eigenvalue weighted by atomic mass is 10.0. The van der Waals surface area contributed by atoms with Gasteiger partial charge >= 0.3 is 6.09 Å². The molecule has 1 aliphatic rings. The van der Waals surface area contributed by atoms with E-state index in [2.05, 4.69) is 15.5 Å². The number of furan rings is 1. The number of carbonyl (C=O) groups is 2. The Kier molecular flexibility index (Phi) is 6.87. The summed E-state index contributed by atoms with van der Waals surface area (Å²) in [6, 6.07) is 3.77. The van der Waals surface area contributed by atoms with E-state index in [1.807, 2.05) is 26.8 Å². The molecule has 0 aromatic carbocycles. The molecule has 1 aromatic heterocycles. The number of hydrogen-bond acceptors (Lipinski definition) is 5. The zero-order valence-electron chi connectivity index (χ0n) is 15.3. The summed E-state index contributed by atoms with van der Waals surface area (Å²) in [6.45, 7) is 7.56. The van der Waals surface area contributed by atoms with Gasteiger partial charge < -0.3 is 19.8 Å². The molecular formula is C18H29N3O4. The fourth-order valence-corrected chi connectivity index (χ4v) is 2.85. The number of nitrogens with one attached hydrogen (secondary N) is 2. The van der Waals surface area contributed by atoms with Gasteiger partial charge in [-0.2, -0.15) is 0 Å². The molecule has 0 unspecified atom stereocenters. The smallest absolute Gasteiger partial charge is 0.407 e. The Hall–Kier alpha value is -2.02. The fraction of sp³-hybridized carbons (Fsp3) is 0.667. The summed E-state index contributed by atoms with van der Waals surface area (Å²) in [6.07, 6.45) is 4.30. The lowest BCUT2D eigenvalue weighted by Crippen LogP contribution is -2.50. The first-order valence-corrected chi connectivity index (χ1v) is 8.83. The van der Waals surface area contributed by atoms with Crippen LogP contribution in [0.4, 0.5) is 4.79 Å². The van der Waals surface area contributed by atoms with Crippen LogP contribution in [0.3, 0.4) is 0 Å². The highest BCUT2D eigenvalue weighted by molar-refractivity contribution is 5.78. The van der Waals surface area contributed by atoms with E-state index in [0.717, 1.165) is 31.6 Å². The van der Waals surface area contributed by atoms with E-state index >= 15 is 0 Å². The Morgan fingerprint density at radius 2 is 2.12 bits per heavy atom. The van der Waals surface area contributed by atoms with Gasteiger partial charge in [-0.1, -0.05) is 6.42 Å².